The van der Waals surface area contributed by atoms with Crippen LogP contribution in [-0.4, -0.2) is 17.4 Å². The van der Waals surface area contributed by atoms with Crippen molar-refractivity contribution in [3.8, 4) is 0 Å². The van der Waals surface area contributed by atoms with Crippen LogP contribution in [0.4, 0.5) is 5.69 Å². The summed E-state index contributed by atoms with van der Waals surface area (Å²) in [6.45, 7) is 5.69. The lowest BCUT2D eigenvalue weighted by molar-refractivity contribution is -0.119. The van der Waals surface area contributed by atoms with Crippen LogP contribution >= 0.6 is 0 Å². The van der Waals surface area contributed by atoms with Crippen LogP contribution in [0.3, 0.4) is 0 Å². The third-order valence-electron chi connectivity index (χ3n) is 5.59. The highest BCUT2D eigenvalue weighted by atomic mass is 16.3. The lowest BCUT2D eigenvalue weighted by atomic mass is 9.73. The largest absolute Gasteiger partial charge is 0.466 e. The number of hydrogen-bond donors (Lipinski definition) is 1. The van der Waals surface area contributed by atoms with E-state index in [-0.39, 0.29) is 11.7 Å². The molecule has 2 aliphatic rings. The fraction of sp³-hybridized carbons (Fsp3) is 0.348. The Morgan fingerprint density at radius 3 is 2.61 bits per heavy atom. The molecule has 0 bridgehead atoms. The van der Waals surface area contributed by atoms with Crippen molar-refractivity contribution < 1.29 is 14.0 Å². The number of carbonyl (C=O) groups is 2. The minimum atomic E-state index is -0.578. The number of amides is 1. The molecule has 2 atom stereocenters. The van der Waals surface area contributed by atoms with E-state index in [0.717, 1.165) is 41.3 Å². The van der Waals surface area contributed by atoms with Gasteiger partial charge in [0.05, 0.1) is 11.8 Å². The van der Waals surface area contributed by atoms with E-state index in [4.69, 9.17) is 4.42 Å². The second kappa shape index (κ2) is 7.23. The SMILES string of the molecule is CC1=NC2=C(C(=O)CCC2)[C@@H](c2ccc(C)o2)C1C(=O)Nc1ccccc1C. The van der Waals surface area contributed by atoms with Gasteiger partial charge in [-0.25, -0.2) is 0 Å². The quantitative estimate of drug-likeness (QED) is 0.843. The van der Waals surface area contributed by atoms with Crippen LogP contribution in [0.15, 0.2) is 57.1 Å². The highest BCUT2D eigenvalue weighted by molar-refractivity contribution is 6.13. The van der Waals surface area contributed by atoms with Gasteiger partial charge in [0.2, 0.25) is 5.91 Å². The Hall–Kier alpha value is -2.95. The number of para-hydroxylation sites is 1. The molecule has 1 unspecified atom stereocenters. The van der Waals surface area contributed by atoms with Crippen LogP contribution in [0.25, 0.3) is 0 Å². The van der Waals surface area contributed by atoms with Crippen molar-refractivity contribution in [3.63, 3.8) is 0 Å². The summed E-state index contributed by atoms with van der Waals surface area (Å²) in [7, 11) is 0. The first-order valence-electron chi connectivity index (χ1n) is 9.70. The summed E-state index contributed by atoms with van der Waals surface area (Å²) in [5, 5.41) is 3.03. The first-order valence-corrected chi connectivity index (χ1v) is 9.70. The number of nitrogens with one attached hydrogen (secondary N) is 1. The fourth-order valence-electron chi connectivity index (χ4n) is 4.20. The average Bonchev–Trinajstić information content (AvgIpc) is 3.08. The number of nitrogens with zero attached hydrogens (tertiary/aromatic N) is 1. The molecule has 4 rings (SSSR count). The van der Waals surface area contributed by atoms with Gasteiger partial charge < -0.3 is 9.73 Å². The fourth-order valence-corrected chi connectivity index (χ4v) is 4.20. The summed E-state index contributed by atoms with van der Waals surface area (Å²) in [6, 6.07) is 11.4. The Bertz CT molecular complexity index is 1010. The molecule has 0 saturated heterocycles. The Kier molecular flexibility index (Phi) is 4.75. The summed E-state index contributed by atoms with van der Waals surface area (Å²) in [4.78, 5) is 30.8. The van der Waals surface area contributed by atoms with Crippen molar-refractivity contribution in [1.29, 1.82) is 0 Å². The summed E-state index contributed by atoms with van der Waals surface area (Å²) in [5.74, 6) is 0.312. The van der Waals surface area contributed by atoms with Gasteiger partial charge in [0.1, 0.15) is 11.5 Å². The van der Waals surface area contributed by atoms with E-state index in [1.807, 2.05) is 57.2 Å². The molecule has 5 nitrogen and oxygen atoms in total. The molecule has 1 N–H and O–H groups in total. The van der Waals surface area contributed by atoms with Crippen molar-refractivity contribution in [2.24, 2.45) is 10.9 Å². The van der Waals surface area contributed by atoms with E-state index in [9.17, 15) is 9.59 Å². The number of anilines is 1. The van der Waals surface area contributed by atoms with Gasteiger partial charge in [0.15, 0.2) is 5.78 Å². The predicted octanol–water partition coefficient (Wildman–Crippen LogP) is 4.72. The number of carbonyl (C=O) groups excluding carboxylic acids is 2. The Balaban J connectivity index is 1.77. The Labute approximate surface area is 164 Å². The summed E-state index contributed by atoms with van der Waals surface area (Å²) in [6.07, 6.45) is 2.06. The van der Waals surface area contributed by atoms with Gasteiger partial charge in [-0.15, -0.1) is 0 Å². The van der Waals surface area contributed by atoms with Crippen LogP contribution in [-0.2, 0) is 9.59 Å². The maximum Gasteiger partial charge on any atom is 0.234 e. The zero-order chi connectivity index (χ0) is 19.8. The minimum Gasteiger partial charge on any atom is -0.466 e. The molecule has 1 amide bonds. The number of ketones is 1. The number of Topliss-reactive ketones (excluding diaryl/α,β-unsaturated/α-hetero) is 1. The summed E-state index contributed by atoms with van der Waals surface area (Å²) in [5.41, 5.74) is 3.94. The topological polar surface area (TPSA) is 71.7 Å². The molecule has 1 aromatic carbocycles. The molecule has 0 spiro atoms. The maximum absolute atomic E-state index is 13.3. The first-order chi connectivity index (χ1) is 13.5. The molecule has 28 heavy (non-hydrogen) atoms. The van der Waals surface area contributed by atoms with Gasteiger partial charge in [-0.1, -0.05) is 18.2 Å². The molecular formula is C23H24N2O3. The molecule has 1 aliphatic carbocycles. The number of aliphatic imine (C=N–C) groups is 1. The van der Waals surface area contributed by atoms with Gasteiger partial charge in [0.25, 0.3) is 0 Å². The van der Waals surface area contributed by atoms with Crippen molar-refractivity contribution in [3.05, 3.63) is 64.8 Å². The third-order valence-corrected chi connectivity index (χ3v) is 5.59. The second-order valence-corrected chi connectivity index (χ2v) is 7.60. The lowest BCUT2D eigenvalue weighted by Gasteiger charge is -2.33. The zero-order valence-electron chi connectivity index (χ0n) is 16.4. The highest BCUT2D eigenvalue weighted by Gasteiger charge is 2.43. The van der Waals surface area contributed by atoms with Crippen LogP contribution in [0.1, 0.15) is 49.2 Å². The normalized spacial score (nSPS) is 22.0. The van der Waals surface area contributed by atoms with E-state index in [2.05, 4.69) is 10.3 Å². The molecule has 144 valence electrons. The van der Waals surface area contributed by atoms with E-state index < -0.39 is 11.8 Å². The van der Waals surface area contributed by atoms with Crippen LogP contribution in [0.5, 0.6) is 0 Å². The van der Waals surface area contributed by atoms with Gasteiger partial charge >= 0.3 is 0 Å². The Morgan fingerprint density at radius 1 is 1.11 bits per heavy atom. The summed E-state index contributed by atoms with van der Waals surface area (Å²) >= 11 is 0. The molecule has 0 saturated carbocycles. The lowest BCUT2D eigenvalue weighted by Crippen LogP contribution is -2.39. The van der Waals surface area contributed by atoms with Gasteiger partial charge in [-0.2, -0.15) is 0 Å². The number of hydrogen-bond acceptors (Lipinski definition) is 4. The second-order valence-electron chi connectivity index (χ2n) is 7.60. The van der Waals surface area contributed by atoms with Crippen LogP contribution in [0, 0.1) is 19.8 Å². The number of furan rings is 1. The molecule has 0 fully saturated rings. The van der Waals surface area contributed by atoms with E-state index in [1.165, 1.54) is 0 Å². The average molecular weight is 376 g/mol. The Morgan fingerprint density at radius 2 is 1.89 bits per heavy atom. The van der Waals surface area contributed by atoms with Gasteiger partial charge in [0, 0.05) is 29.1 Å². The smallest absolute Gasteiger partial charge is 0.234 e. The monoisotopic (exact) mass is 376 g/mol. The van der Waals surface area contributed by atoms with Gasteiger partial charge in [-0.3, -0.25) is 14.6 Å². The molecule has 5 heteroatoms. The summed E-state index contributed by atoms with van der Waals surface area (Å²) < 4.78 is 5.90. The van der Waals surface area contributed by atoms with Crippen molar-refractivity contribution >= 4 is 23.1 Å². The third kappa shape index (κ3) is 3.21. The van der Waals surface area contributed by atoms with Crippen molar-refractivity contribution in [2.45, 2.75) is 46.0 Å². The van der Waals surface area contributed by atoms with Crippen molar-refractivity contribution in [2.75, 3.05) is 5.32 Å². The number of aryl methyl sites for hydroxylation is 2. The molecule has 1 aromatic heterocycles. The van der Waals surface area contributed by atoms with Crippen LogP contribution < -0.4 is 5.32 Å². The number of benzene rings is 1. The predicted molar refractivity (Wildman–Crippen MR) is 108 cm³/mol. The standard InChI is InChI=1S/C23H24N2O3/c1-13-7-4-5-8-16(13)25-23(27)20-15(3)24-17-9-6-10-18(26)21(17)22(20)19-12-11-14(2)28-19/h4-5,7-8,11-12,20,22H,6,9-10H2,1-3H3,(H,25,27)/t20?,22-/m0/s1. The van der Waals surface area contributed by atoms with Gasteiger partial charge in [-0.05, 0) is 57.4 Å². The molecular weight excluding hydrogens is 352 g/mol. The van der Waals surface area contributed by atoms with E-state index >= 15 is 0 Å². The maximum atomic E-state index is 13.3. The molecule has 2 heterocycles. The number of allylic oxidation sites excluding steroid dienone is 2. The van der Waals surface area contributed by atoms with Crippen molar-refractivity contribution in [1.82, 2.24) is 0 Å². The molecule has 0 radical (unpaired) electrons. The highest BCUT2D eigenvalue weighted by Crippen LogP contribution is 2.44. The molecule has 2 aromatic rings. The van der Waals surface area contributed by atoms with E-state index in [1.54, 1.807) is 0 Å². The van der Waals surface area contributed by atoms with Crippen LogP contribution in [0.2, 0.25) is 0 Å². The zero-order valence-corrected chi connectivity index (χ0v) is 16.4. The first kappa shape index (κ1) is 18.4. The minimum absolute atomic E-state index is 0.0743. The number of rotatable bonds is 3. The van der Waals surface area contributed by atoms with E-state index in [0.29, 0.717) is 17.8 Å². The molecule has 1 aliphatic heterocycles.